The van der Waals surface area contributed by atoms with Crippen LogP contribution in [0.1, 0.15) is 41.3 Å². The van der Waals surface area contributed by atoms with Crippen molar-refractivity contribution < 1.29 is 14.7 Å². The standard InChI is InChI=1S/C23H26N2O3/c1-14(26)11-15-12-18-20(13-22(15)28)25(10-4-9-24(2)3)19-7-5-16-17(23(18)19)6-8-21(16)27/h5,7,12-13,28H,4,6,8-11H2,1-3H3. The normalized spacial score (nSPS) is 13.8. The molecule has 1 heterocycles. The molecule has 146 valence electrons. The quantitative estimate of drug-likeness (QED) is 0.710. The van der Waals surface area contributed by atoms with Crippen molar-refractivity contribution in [2.24, 2.45) is 0 Å². The number of rotatable bonds is 6. The molecule has 0 unspecified atom stereocenters. The average molecular weight is 378 g/mol. The van der Waals surface area contributed by atoms with Crippen molar-refractivity contribution in [2.45, 2.75) is 39.2 Å². The van der Waals surface area contributed by atoms with Crippen molar-refractivity contribution in [3.05, 3.63) is 41.0 Å². The molecule has 28 heavy (non-hydrogen) atoms. The highest BCUT2D eigenvalue weighted by molar-refractivity contribution is 6.15. The van der Waals surface area contributed by atoms with Crippen LogP contribution in [-0.4, -0.2) is 46.8 Å². The van der Waals surface area contributed by atoms with E-state index in [0.29, 0.717) is 12.0 Å². The van der Waals surface area contributed by atoms with Crippen LogP contribution in [-0.2, 0) is 24.2 Å². The summed E-state index contributed by atoms with van der Waals surface area (Å²) in [7, 11) is 4.12. The lowest BCUT2D eigenvalue weighted by atomic mass is 10.00. The molecule has 0 radical (unpaired) electrons. The number of hydrogen-bond acceptors (Lipinski definition) is 4. The summed E-state index contributed by atoms with van der Waals surface area (Å²) in [5, 5.41) is 12.7. The van der Waals surface area contributed by atoms with E-state index in [1.54, 1.807) is 6.07 Å². The fraction of sp³-hybridized carbons (Fsp3) is 0.391. The molecule has 3 aromatic rings. The number of hydrogen-bond donors (Lipinski definition) is 1. The predicted molar refractivity (Wildman–Crippen MR) is 111 cm³/mol. The maximum Gasteiger partial charge on any atom is 0.163 e. The highest BCUT2D eigenvalue weighted by atomic mass is 16.3. The lowest BCUT2D eigenvalue weighted by molar-refractivity contribution is -0.116. The van der Waals surface area contributed by atoms with E-state index in [2.05, 4.69) is 23.6 Å². The summed E-state index contributed by atoms with van der Waals surface area (Å²) < 4.78 is 2.24. The third-order valence-electron chi connectivity index (χ3n) is 5.67. The Hall–Kier alpha value is -2.66. The minimum Gasteiger partial charge on any atom is -0.508 e. The zero-order valence-corrected chi connectivity index (χ0v) is 16.7. The van der Waals surface area contributed by atoms with Crippen LogP contribution in [0.25, 0.3) is 21.8 Å². The molecule has 0 spiro atoms. The topological polar surface area (TPSA) is 62.5 Å². The van der Waals surface area contributed by atoms with Crippen LogP contribution in [0.4, 0.5) is 0 Å². The summed E-state index contributed by atoms with van der Waals surface area (Å²) in [6.45, 7) is 3.33. The number of Topliss-reactive ketones (excluding diaryl/α,β-unsaturated/α-hetero) is 2. The van der Waals surface area contributed by atoms with Gasteiger partial charge in [-0.05, 0) is 64.2 Å². The Bertz CT molecular complexity index is 1110. The van der Waals surface area contributed by atoms with Gasteiger partial charge in [0.05, 0.1) is 5.52 Å². The summed E-state index contributed by atoms with van der Waals surface area (Å²) in [6.07, 6.45) is 2.51. The van der Waals surface area contributed by atoms with Gasteiger partial charge < -0.3 is 14.6 Å². The van der Waals surface area contributed by atoms with Gasteiger partial charge in [-0.25, -0.2) is 0 Å². The number of carbonyl (C=O) groups is 2. The molecule has 5 heteroatoms. The molecule has 1 N–H and O–H groups in total. The average Bonchev–Trinajstić information content (AvgIpc) is 3.13. The summed E-state index contributed by atoms with van der Waals surface area (Å²) in [6, 6.07) is 7.71. The van der Waals surface area contributed by atoms with E-state index in [4.69, 9.17) is 0 Å². The Labute approximate surface area is 164 Å². The first kappa shape index (κ1) is 18.7. The summed E-state index contributed by atoms with van der Waals surface area (Å²) >= 11 is 0. The highest BCUT2D eigenvalue weighted by Crippen LogP contribution is 2.39. The van der Waals surface area contributed by atoms with Crippen LogP contribution in [0.5, 0.6) is 5.75 Å². The zero-order chi connectivity index (χ0) is 20.0. The third kappa shape index (κ3) is 3.10. The molecule has 1 aliphatic carbocycles. The van der Waals surface area contributed by atoms with Crippen LogP contribution in [0.15, 0.2) is 24.3 Å². The first-order valence-corrected chi connectivity index (χ1v) is 9.84. The number of aromatic nitrogens is 1. The molecule has 0 bridgehead atoms. The Kier molecular flexibility index (Phi) is 4.71. The molecule has 0 amide bonds. The number of benzene rings is 2. The molecule has 4 rings (SSSR count). The van der Waals surface area contributed by atoms with Gasteiger partial charge >= 0.3 is 0 Å². The molecule has 1 aromatic heterocycles. The monoisotopic (exact) mass is 378 g/mol. The van der Waals surface area contributed by atoms with E-state index in [-0.39, 0.29) is 23.7 Å². The van der Waals surface area contributed by atoms with Crippen LogP contribution in [0.2, 0.25) is 0 Å². The molecule has 2 aromatic carbocycles. The van der Waals surface area contributed by atoms with Crippen LogP contribution < -0.4 is 0 Å². The lowest BCUT2D eigenvalue weighted by Gasteiger charge is -2.12. The van der Waals surface area contributed by atoms with Gasteiger partial charge in [0.2, 0.25) is 0 Å². The van der Waals surface area contributed by atoms with E-state index in [0.717, 1.165) is 58.9 Å². The highest BCUT2D eigenvalue weighted by Gasteiger charge is 2.25. The lowest BCUT2D eigenvalue weighted by Crippen LogP contribution is -2.15. The van der Waals surface area contributed by atoms with E-state index >= 15 is 0 Å². The summed E-state index contributed by atoms with van der Waals surface area (Å²) in [5.41, 5.74) is 4.64. The molecule has 0 saturated heterocycles. The number of phenolic OH excluding ortho intramolecular Hbond substituents is 1. The van der Waals surface area contributed by atoms with Gasteiger partial charge in [-0.15, -0.1) is 0 Å². The van der Waals surface area contributed by atoms with Crippen LogP contribution in [0.3, 0.4) is 0 Å². The third-order valence-corrected chi connectivity index (χ3v) is 5.67. The molecule has 0 aliphatic heterocycles. The van der Waals surface area contributed by atoms with Gasteiger partial charge in [-0.3, -0.25) is 9.59 Å². The fourth-order valence-electron chi connectivity index (χ4n) is 4.43. The largest absolute Gasteiger partial charge is 0.508 e. The zero-order valence-electron chi connectivity index (χ0n) is 16.7. The van der Waals surface area contributed by atoms with Gasteiger partial charge in [0, 0.05) is 52.9 Å². The van der Waals surface area contributed by atoms with Crippen molar-refractivity contribution in [3.63, 3.8) is 0 Å². The Balaban J connectivity index is 1.97. The number of carbonyl (C=O) groups excluding carboxylic acids is 2. The van der Waals surface area contributed by atoms with E-state index in [1.165, 1.54) is 6.92 Å². The van der Waals surface area contributed by atoms with E-state index in [1.807, 2.05) is 18.2 Å². The SMILES string of the molecule is CC(=O)Cc1cc2c3c4c(ccc3n(CCCN(C)C)c2cc1O)C(=O)CC4. The minimum absolute atomic E-state index is 0.0183. The van der Waals surface area contributed by atoms with Gasteiger partial charge in [-0.2, -0.15) is 0 Å². The minimum atomic E-state index is 0.0183. The van der Waals surface area contributed by atoms with E-state index in [9.17, 15) is 14.7 Å². The summed E-state index contributed by atoms with van der Waals surface area (Å²) in [4.78, 5) is 26.1. The first-order valence-electron chi connectivity index (χ1n) is 9.84. The van der Waals surface area contributed by atoms with Gasteiger partial charge in [0.25, 0.3) is 0 Å². The van der Waals surface area contributed by atoms with Crippen LogP contribution >= 0.6 is 0 Å². The predicted octanol–water partition coefficient (Wildman–Crippen LogP) is 3.71. The van der Waals surface area contributed by atoms with Gasteiger partial charge in [-0.1, -0.05) is 0 Å². The van der Waals surface area contributed by atoms with Crippen molar-refractivity contribution in [1.29, 1.82) is 0 Å². The Morgan fingerprint density at radius 1 is 1.18 bits per heavy atom. The van der Waals surface area contributed by atoms with Gasteiger partial charge in [0.1, 0.15) is 11.5 Å². The second-order valence-corrected chi connectivity index (χ2v) is 8.09. The van der Waals surface area contributed by atoms with Crippen molar-refractivity contribution in [1.82, 2.24) is 9.47 Å². The smallest absolute Gasteiger partial charge is 0.163 e. The van der Waals surface area contributed by atoms with E-state index < -0.39 is 0 Å². The van der Waals surface area contributed by atoms with Crippen LogP contribution in [0, 0.1) is 0 Å². The number of aromatic hydroxyl groups is 1. The Morgan fingerprint density at radius 3 is 2.68 bits per heavy atom. The van der Waals surface area contributed by atoms with Crippen molar-refractivity contribution in [3.8, 4) is 5.75 Å². The van der Waals surface area contributed by atoms with Gasteiger partial charge in [0.15, 0.2) is 5.78 Å². The second kappa shape index (κ2) is 7.06. The summed E-state index contributed by atoms with van der Waals surface area (Å²) in [5.74, 6) is 0.380. The fourth-order valence-corrected chi connectivity index (χ4v) is 4.43. The van der Waals surface area contributed by atoms with Crippen molar-refractivity contribution in [2.75, 3.05) is 20.6 Å². The molecule has 0 atom stereocenters. The number of nitrogens with zero attached hydrogens (tertiary/aromatic N) is 2. The number of fused-ring (bicyclic) bond motifs is 5. The van der Waals surface area contributed by atoms with Crippen molar-refractivity contribution >= 4 is 33.4 Å². The molecule has 0 fully saturated rings. The molecule has 1 aliphatic rings. The number of phenols is 1. The first-order chi connectivity index (χ1) is 13.4. The molecular formula is C23H26N2O3. The number of ketones is 2. The maximum atomic E-state index is 12.3. The second-order valence-electron chi connectivity index (χ2n) is 8.09. The molecule has 5 nitrogen and oxygen atoms in total. The maximum absolute atomic E-state index is 12.3. The molecular weight excluding hydrogens is 352 g/mol. The number of aryl methyl sites for hydroxylation is 2. The Morgan fingerprint density at radius 2 is 1.96 bits per heavy atom. The molecule has 0 saturated carbocycles.